The number of ether oxygens (including phenoxy) is 1. The lowest BCUT2D eigenvalue weighted by molar-refractivity contribution is -0.147. The lowest BCUT2D eigenvalue weighted by Crippen LogP contribution is -2.49. The molecule has 1 aromatic carbocycles. The van der Waals surface area contributed by atoms with Crippen LogP contribution in [0.15, 0.2) is 24.3 Å². The number of nitrogens with zero attached hydrogens (tertiary/aromatic N) is 1. The number of hydrogen-bond donors (Lipinski definition) is 1. The van der Waals surface area contributed by atoms with Gasteiger partial charge in [-0.15, -0.1) is 0 Å². The lowest BCUT2D eigenvalue weighted by Gasteiger charge is -2.39. The average Bonchev–Trinajstić information content (AvgIpc) is 3.29. The Morgan fingerprint density at radius 2 is 2.08 bits per heavy atom. The second kappa shape index (κ2) is 6.32. The van der Waals surface area contributed by atoms with Crippen molar-refractivity contribution in [3.63, 3.8) is 0 Å². The van der Waals surface area contributed by atoms with Gasteiger partial charge < -0.3 is 15.0 Å². The third-order valence-corrected chi connectivity index (χ3v) is 6.40. The van der Waals surface area contributed by atoms with Crippen molar-refractivity contribution in [1.29, 1.82) is 0 Å². The van der Waals surface area contributed by atoms with Crippen molar-refractivity contribution in [2.75, 3.05) is 26.2 Å². The highest BCUT2D eigenvalue weighted by atomic mass is 35.5. The standard InChI is InChI=1S/C19H25ClN2O2/c1-13-12-24-17(14-4-2-3-5-16(14)20)11-22(13)18(23)15-10-19(15)6-8-21-9-7-19/h2-5,13,15,17,21H,6-12H2,1H3/t13-,15+,17+/m1/s1. The van der Waals surface area contributed by atoms with Crippen molar-refractivity contribution in [3.8, 4) is 0 Å². The molecule has 130 valence electrons. The first-order valence-corrected chi connectivity index (χ1v) is 9.36. The average molecular weight is 349 g/mol. The number of halogens is 1. The SMILES string of the molecule is C[C@@H]1CO[C@H](c2ccccc2Cl)CN1C(=O)[C@@H]1CC12CCNCC2. The number of morpholine rings is 1. The summed E-state index contributed by atoms with van der Waals surface area (Å²) in [5, 5.41) is 4.12. The molecule has 0 unspecified atom stereocenters. The maximum absolute atomic E-state index is 13.1. The molecule has 1 N–H and O–H groups in total. The smallest absolute Gasteiger partial charge is 0.226 e. The zero-order valence-corrected chi connectivity index (χ0v) is 14.9. The second-order valence-electron chi connectivity index (χ2n) is 7.55. The van der Waals surface area contributed by atoms with Crippen LogP contribution in [0.5, 0.6) is 0 Å². The van der Waals surface area contributed by atoms with Gasteiger partial charge in [-0.05, 0) is 50.8 Å². The molecule has 5 heteroatoms. The van der Waals surface area contributed by atoms with Crippen LogP contribution in [0.3, 0.4) is 0 Å². The molecule has 3 atom stereocenters. The van der Waals surface area contributed by atoms with Gasteiger partial charge in [0.2, 0.25) is 5.91 Å². The van der Waals surface area contributed by atoms with Crippen molar-refractivity contribution in [2.24, 2.45) is 11.3 Å². The van der Waals surface area contributed by atoms with E-state index in [1.54, 1.807) is 0 Å². The number of rotatable bonds is 2. The van der Waals surface area contributed by atoms with Gasteiger partial charge in [0, 0.05) is 16.5 Å². The van der Waals surface area contributed by atoms with E-state index in [0.29, 0.717) is 24.1 Å². The fourth-order valence-electron chi connectivity index (χ4n) is 4.36. The van der Waals surface area contributed by atoms with E-state index in [-0.39, 0.29) is 23.5 Å². The fourth-order valence-corrected chi connectivity index (χ4v) is 4.62. The highest BCUT2D eigenvalue weighted by molar-refractivity contribution is 6.31. The molecular weight excluding hydrogens is 324 g/mol. The number of hydrogen-bond acceptors (Lipinski definition) is 3. The molecule has 0 radical (unpaired) electrons. The third-order valence-electron chi connectivity index (χ3n) is 6.06. The minimum atomic E-state index is -0.124. The summed E-state index contributed by atoms with van der Waals surface area (Å²) in [6.45, 7) is 5.35. The van der Waals surface area contributed by atoms with Crippen molar-refractivity contribution >= 4 is 17.5 Å². The molecule has 4 rings (SSSR count). The van der Waals surface area contributed by atoms with E-state index in [1.807, 2.05) is 29.2 Å². The van der Waals surface area contributed by atoms with Crippen LogP contribution in [0.2, 0.25) is 5.02 Å². The largest absolute Gasteiger partial charge is 0.369 e. The van der Waals surface area contributed by atoms with Gasteiger partial charge in [0.25, 0.3) is 0 Å². The Morgan fingerprint density at radius 3 is 2.83 bits per heavy atom. The molecule has 1 spiro atoms. The summed E-state index contributed by atoms with van der Waals surface area (Å²) >= 11 is 6.32. The number of piperidine rings is 1. The number of carbonyl (C=O) groups is 1. The molecule has 24 heavy (non-hydrogen) atoms. The normalized spacial score (nSPS) is 31.9. The molecule has 3 fully saturated rings. The minimum Gasteiger partial charge on any atom is -0.369 e. The zero-order valence-electron chi connectivity index (χ0n) is 14.1. The summed E-state index contributed by atoms with van der Waals surface area (Å²) in [4.78, 5) is 15.2. The van der Waals surface area contributed by atoms with E-state index in [9.17, 15) is 4.79 Å². The van der Waals surface area contributed by atoms with E-state index < -0.39 is 0 Å². The molecular formula is C19H25ClN2O2. The van der Waals surface area contributed by atoms with Crippen LogP contribution in [-0.4, -0.2) is 43.1 Å². The van der Waals surface area contributed by atoms with Crippen LogP contribution >= 0.6 is 11.6 Å². The van der Waals surface area contributed by atoms with E-state index in [0.717, 1.165) is 37.9 Å². The van der Waals surface area contributed by atoms with Crippen LogP contribution in [0.1, 0.15) is 37.9 Å². The molecule has 3 aliphatic rings. The van der Waals surface area contributed by atoms with Crippen molar-refractivity contribution in [1.82, 2.24) is 10.2 Å². The lowest BCUT2D eigenvalue weighted by atomic mass is 9.91. The molecule has 4 nitrogen and oxygen atoms in total. The van der Waals surface area contributed by atoms with Crippen molar-refractivity contribution < 1.29 is 9.53 Å². The van der Waals surface area contributed by atoms with E-state index in [1.165, 1.54) is 0 Å². The van der Waals surface area contributed by atoms with E-state index >= 15 is 0 Å². The highest BCUT2D eigenvalue weighted by Gasteiger charge is 2.59. The van der Waals surface area contributed by atoms with Gasteiger partial charge in [0.15, 0.2) is 0 Å². The first-order valence-electron chi connectivity index (χ1n) is 8.98. The Hall–Kier alpha value is -1.10. The summed E-state index contributed by atoms with van der Waals surface area (Å²) in [5.41, 5.74) is 1.26. The molecule has 1 aliphatic carbocycles. The second-order valence-corrected chi connectivity index (χ2v) is 7.96. The quantitative estimate of drug-likeness (QED) is 0.893. The zero-order chi connectivity index (χ0) is 16.7. The molecule has 1 amide bonds. The molecule has 2 aliphatic heterocycles. The summed E-state index contributed by atoms with van der Waals surface area (Å²) in [6.07, 6.45) is 3.21. The van der Waals surface area contributed by atoms with Crippen LogP contribution in [0, 0.1) is 11.3 Å². The molecule has 1 aromatic rings. The summed E-state index contributed by atoms with van der Waals surface area (Å²) in [5.74, 6) is 0.539. The van der Waals surface area contributed by atoms with Crippen molar-refractivity contribution in [3.05, 3.63) is 34.9 Å². The summed E-state index contributed by atoms with van der Waals surface area (Å²) in [6, 6.07) is 7.91. The summed E-state index contributed by atoms with van der Waals surface area (Å²) < 4.78 is 5.99. The maximum atomic E-state index is 13.1. The van der Waals surface area contributed by atoms with Gasteiger partial charge in [-0.3, -0.25) is 4.79 Å². The fraction of sp³-hybridized carbons (Fsp3) is 0.632. The Kier molecular flexibility index (Phi) is 4.31. The molecule has 2 heterocycles. The van der Waals surface area contributed by atoms with Crippen LogP contribution in [-0.2, 0) is 9.53 Å². The van der Waals surface area contributed by atoms with Gasteiger partial charge in [0.05, 0.1) is 19.2 Å². The monoisotopic (exact) mass is 348 g/mol. The van der Waals surface area contributed by atoms with Crippen molar-refractivity contribution in [2.45, 2.75) is 38.3 Å². The Morgan fingerprint density at radius 1 is 1.33 bits per heavy atom. The van der Waals surface area contributed by atoms with Crippen LogP contribution in [0.4, 0.5) is 0 Å². The van der Waals surface area contributed by atoms with E-state index in [4.69, 9.17) is 16.3 Å². The van der Waals surface area contributed by atoms with Gasteiger partial charge in [-0.1, -0.05) is 29.8 Å². The Labute approximate surface area is 148 Å². The van der Waals surface area contributed by atoms with Gasteiger partial charge in [0.1, 0.15) is 6.10 Å². The maximum Gasteiger partial charge on any atom is 0.226 e. The molecule has 1 saturated carbocycles. The molecule has 2 saturated heterocycles. The highest BCUT2D eigenvalue weighted by Crippen LogP contribution is 2.59. The van der Waals surface area contributed by atoms with Gasteiger partial charge in [-0.25, -0.2) is 0 Å². The van der Waals surface area contributed by atoms with Crippen LogP contribution < -0.4 is 5.32 Å². The first-order chi connectivity index (χ1) is 11.6. The predicted molar refractivity (Wildman–Crippen MR) is 94.0 cm³/mol. The number of amides is 1. The predicted octanol–water partition coefficient (Wildman–Crippen LogP) is 3.02. The minimum absolute atomic E-state index is 0.124. The summed E-state index contributed by atoms with van der Waals surface area (Å²) in [7, 11) is 0. The topological polar surface area (TPSA) is 41.6 Å². The number of benzene rings is 1. The first kappa shape index (κ1) is 16.4. The Balaban J connectivity index is 1.48. The third kappa shape index (κ3) is 2.85. The number of nitrogens with one attached hydrogen (secondary N) is 1. The van der Waals surface area contributed by atoms with Gasteiger partial charge in [-0.2, -0.15) is 0 Å². The van der Waals surface area contributed by atoms with Crippen LogP contribution in [0.25, 0.3) is 0 Å². The molecule has 0 aromatic heterocycles. The van der Waals surface area contributed by atoms with E-state index in [2.05, 4.69) is 12.2 Å². The molecule has 0 bridgehead atoms. The number of carbonyl (C=O) groups excluding carboxylic acids is 1. The Bertz CT molecular complexity index is 630. The van der Waals surface area contributed by atoms with Gasteiger partial charge >= 0.3 is 0 Å².